The molecule has 0 radical (unpaired) electrons. The number of nitrogen functional groups attached to an aromatic ring is 1. The average molecular weight is 538 g/mol. The van der Waals surface area contributed by atoms with Crippen LogP contribution < -0.4 is 15.4 Å². The molecule has 0 saturated carbocycles. The number of thiazole rings is 1. The molecule has 6 rings (SSSR count). The summed E-state index contributed by atoms with van der Waals surface area (Å²) in [7, 11) is 4.08. The lowest BCUT2D eigenvalue weighted by Crippen LogP contribution is -2.28. The van der Waals surface area contributed by atoms with Crippen LogP contribution in [0, 0.1) is 13.8 Å². The highest BCUT2D eigenvalue weighted by Crippen LogP contribution is 2.38. The normalized spacial score (nSPS) is 13.4. The van der Waals surface area contributed by atoms with E-state index in [1.165, 1.54) is 11.3 Å². The molecule has 0 unspecified atom stereocenters. The lowest BCUT2D eigenvalue weighted by atomic mass is 9.99. The van der Waals surface area contributed by atoms with E-state index >= 15 is 0 Å². The molecule has 8 nitrogen and oxygen atoms in total. The van der Waals surface area contributed by atoms with Crippen molar-refractivity contribution in [2.24, 2.45) is 0 Å². The maximum Gasteiger partial charge on any atom is 0.182 e. The molecule has 39 heavy (non-hydrogen) atoms. The molecule has 0 spiro atoms. The predicted octanol–water partition coefficient (Wildman–Crippen LogP) is 5.47. The highest BCUT2D eigenvalue weighted by atomic mass is 32.1. The Morgan fingerprint density at radius 1 is 1.00 bits per heavy atom. The van der Waals surface area contributed by atoms with Crippen LogP contribution >= 0.6 is 11.3 Å². The van der Waals surface area contributed by atoms with Gasteiger partial charge >= 0.3 is 0 Å². The minimum atomic E-state index is 0.528. The molecule has 3 aromatic heterocycles. The zero-order valence-corrected chi connectivity index (χ0v) is 23.4. The van der Waals surface area contributed by atoms with Crippen LogP contribution in [0.1, 0.15) is 22.6 Å². The molecule has 2 aromatic carbocycles. The van der Waals surface area contributed by atoms with Gasteiger partial charge in [0, 0.05) is 29.4 Å². The smallest absolute Gasteiger partial charge is 0.182 e. The number of anilines is 2. The van der Waals surface area contributed by atoms with Gasteiger partial charge in [-0.25, -0.2) is 19.9 Å². The highest BCUT2D eigenvalue weighted by Gasteiger charge is 2.24. The monoisotopic (exact) mass is 537 g/mol. The van der Waals surface area contributed by atoms with Crippen molar-refractivity contribution in [3.63, 3.8) is 0 Å². The van der Waals surface area contributed by atoms with Gasteiger partial charge in [0.15, 0.2) is 5.13 Å². The number of nitrogens with two attached hydrogens (primary N) is 1. The second-order valence-electron chi connectivity index (χ2n) is 10.2. The largest absolute Gasteiger partial charge is 0.491 e. The summed E-state index contributed by atoms with van der Waals surface area (Å²) in [6.45, 7) is 6.80. The fourth-order valence-corrected chi connectivity index (χ4v) is 5.86. The van der Waals surface area contributed by atoms with Crippen LogP contribution in [0.2, 0.25) is 0 Å². The minimum Gasteiger partial charge on any atom is -0.491 e. The molecule has 1 aliphatic rings. The van der Waals surface area contributed by atoms with Crippen LogP contribution in [0.4, 0.5) is 10.9 Å². The first-order valence-electron chi connectivity index (χ1n) is 13.0. The van der Waals surface area contributed by atoms with Gasteiger partial charge in [0.05, 0.1) is 18.8 Å². The van der Waals surface area contributed by atoms with Crippen molar-refractivity contribution >= 4 is 32.6 Å². The number of hydrogen-bond donors (Lipinski definition) is 1. The van der Waals surface area contributed by atoms with Crippen molar-refractivity contribution in [3.05, 3.63) is 77.4 Å². The van der Waals surface area contributed by atoms with E-state index in [0.717, 1.165) is 66.8 Å². The van der Waals surface area contributed by atoms with Gasteiger partial charge in [0.2, 0.25) is 0 Å². The van der Waals surface area contributed by atoms with Crippen LogP contribution in [0.15, 0.2) is 54.7 Å². The molecular formula is C30H31N7OS. The fraction of sp³-hybridized carbons (Fsp3) is 0.267. The van der Waals surface area contributed by atoms with Gasteiger partial charge in [-0.1, -0.05) is 41.7 Å². The van der Waals surface area contributed by atoms with Gasteiger partial charge in [0.25, 0.3) is 0 Å². The van der Waals surface area contributed by atoms with Crippen molar-refractivity contribution in [2.75, 3.05) is 37.9 Å². The fourth-order valence-electron chi connectivity index (χ4n) is 5.20. The SMILES string of the molecule is Cc1cc(-c2cnc3sc(N)nc3c2)cc2c1OCCN(c1nc(CN(C)C)nc(C)c1-c1ccccc1)C2. The summed E-state index contributed by atoms with van der Waals surface area (Å²) in [6.07, 6.45) is 1.89. The van der Waals surface area contributed by atoms with Gasteiger partial charge in [-0.2, -0.15) is 0 Å². The van der Waals surface area contributed by atoms with Crippen molar-refractivity contribution in [3.8, 4) is 28.0 Å². The molecule has 198 valence electrons. The van der Waals surface area contributed by atoms with Crippen LogP contribution in [0.3, 0.4) is 0 Å². The zero-order valence-electron chi connectivity index (χ0n) is 22.6. The van der Waals surface area contributed by atoms with E-state index in [1.807, 2.05) is 26.4 Å². The van der Waals surface area contributed by atoms with Gasteiger partial charge in [-0.3, -0.25) is 0 Å². The molecule has 0 bridgehead atoms. The number of benzene rings is 2. The summed E-state index contributed by atoms with van der Waals surface area (Å²) in [5.74, 6) is 2.68. The highest BCUT2D eigenvalue weighted by molar-refractivity contribution is 7.21. The van der Waals surface area contributed by atoms with Crippen LogP contribution in [-0.4, -0.2) is 52.1 Å². The molecule has 0 aliphatic carbocycles. The third-order valence-corrected chi connectivity index (χ3v) is 7.66. The molecule has 0 amide bonds. The number of ether oxygens (including phenoxy) is 1. The number of pyridine rings is 1. The summed E-state index contributed by atoms with van der Waals surface area (Å²) in [6, 6.07) is 16.8. The number of fused-ring (bicyclic) bond motifs is 2. The molecule has 0 fully saturated rings. The van der Waals surface area contributed by atoms with Gasteiger partial charge < -0.3 is 20.3 Å². The van der Waals surface area contributed by atoms with Gasteiger partial charge in [0.1, 0.15) is 34.3 Å². The number of aromatic nitrogens is 4. The van der Waals surface area contributed by atoms with E-state index in [-0.39, 0.29) is 0 Å². The lowest BCUT2D eigenvalue weighted by Gasteiger charge is -2.26. The summed E-state index contributed by atoms with van der Waals surface area (Å²) >= 11 is 1.40. The van der Waals surface area contributed by atoms with E-state index in [2.05, 4.69) is 76.1 Å². The number of hydrogen-bond acceptors (Lipinski definition) is 9. The molecular weight excluding hydrogens is 506 g/mol. The van der Waals surface area contributed by atoms with Crippen molar-refractivity contribution in [1.82, 2.24) is 24.8 Å². The van der Waals surface area contributed by atoms with Crippen molar-refractivity contribution < 1.29 is 4.74 Å². The minimum absolute atomic E-state index is 0.528. The zero-order chi connectivity index (χ0) is 27.1. The average Bonchev–Trinajstić information content (AvgIpc) is 3.13. The van der Waals surface area contributed by atoms with E-state index in [1.54, 1.807) is 0 Å². The Labute approximate surface area is 232 Å². The quantitative estimate of drug-likeness (QED) is 0.315. The Balaban J connectivity index is 1.44. The van der Waals surface area contributed by atoms with Gasteiger partial charge in [-0.05, 0) is 62.8 Å². The van der Waals surface area contributed by atoms with Gasteiger partial charge in [-0.15, -0.1) is 0 Å². The second kappa shape index (κ2) is 10.2. The standard InChI is InChI=1S/C30H31N7OS/c1-18-12-21(22-14-24-29(32-15-22)39-30(31)34-24)13-23-16-37(10-11-38-27(18)23)28-26(20-8-6-5-7-9-20)19(2)33-25(35-28)17-36(3)4/h5-9,12-15H,10-11,16-17H2,1-4H3,(H2,31,34). The number of rotatable bonds is 5. The molecule has 0 saturated heterocycles. The number of nitrogens with zero attached hydrogens (tertiary/aromatic N) is 6. The molecule has 4 heterocycles. The van der Waals surface area contributed by atoms with Crippen LogP contribution in [0.5, 0.6) is 5.75 Å². The Morgan fingerprint density at radius 3 is 2.62 bits per heavy atom. The van der Waals surface area contributed by atoms with E-state index in [9.17, 15) is 0 Å². The molecule has 2 N–H and O–H groups in total. The maximum absolute atomic E-state index is 6.33. The van der Waals surface area contributed by atoms with Crippen molar-refractivity contribution in [1.29, 1.82) is 0 Å². The Bertz CT molecular complexity index is 1670. The second-order valence-corrected chi connectivity index (χ2v) is 11.2. The summed E-state index contributed by atoms with van der Waals surface area (Å²) in [5.41, 5.74) is 14.2. The first kappa shape index (κ1) is 25.2. The van der Waals surface area contributed by atoms with Crippen LogP contribution in [-0.2, 0) is 13.1 Å². The van der Waals surface area contributed by atoms with E-state index in [0.29, 0.717) is 31.4 Å². The molecule has 5 aromatic rings. The first-order chi connectivity index (χ1) is 18.9. The topological polar surface area (TPSA) is 93.3 Å². The Morgan fingerprint density at radius 2 is 1.82 bits per heavy atom. The predicted molar refractivity (Wildman–Crippen MR) is 158 cm³/mol. The Hall–Kier alpha value is -4.08. The van der Waals surface area contributed by atoms with E-state index < -0.39 is 0 Å². The lowest BCUT2D eigenvalue weighted by molar-refractivity contribution is 0.329. The Kier molecular flexibility index (Phi) is 6.62. The van der Waals surface area contributed by atoms with Crippen LogP contribution in [0.25, 0.3) is 32.6 Å². The summed E-state index contributed by atoms with van der Waals surface area (Å²) in [5, 5.41) is 0.528. The van der Waals surface area contributed by atoms with E-state index in [4.69, 9.17) is 20.4 Å². The number of aryl methyl sites for hydroxylation is 2. The molecule has 1 aliphatic heterocycles. The third kappa shape index (κ3) is 5.03. The summed E-state index contributed by atoms with van der Waals surface area (Å²) < 4.78 is 6.33. The molecule has 9 heteroatoms. The third-order valence-electron chi connectivity index (χ3n) is 6.85. The maximum atomic E-state index is 6.33. The molecule has 0 atom stereocenters. The summed E-state index contributed by atoms with van der Waals surface area (Å²) in [4.78, 5) is 24.3. The first-order valence-corrected chi connectivity index (χ1v) is 13.8. The van der Waals surface area contributed by atoms with Crippen molar-refractivity contribution in [2.45, 2.75) is 26.9 Å².